The maximum absolute atomic E-state index is 13.3. The summed E-state index contributed by atoms with van der Waals surface area (Å²) in [6.07, 6.45) is 0.977. The van der Waals surface area contributed by atoms with Gasteiger partial charge in [0, 0.05) is 0 Å². The van der Waals surface area contributed by atoms with Crippen LogP contribution in [0.1, 0.15) is 35.2 Å². The van der Waals surface area contributed by atoms with Gasteiger partial charge in [-0.15, -0.1) is 0 Å². The first-order valence-electron chi connectivity index (χ1n) is 6.96. The van der Waals surface area contributed by atoms with Crippen LogP contribution >= 0.6 is 0 Å². The van der Waals surface area contributed by atoms with Crippen molar-refractivity contribution in [2.45, 2.75) is 19.9 Å². The molecule has 126 valence electrons. The molecule has 0 aromatic carbocycles. The molecule has 0 fully saturated rings. The van der Waals surface area contributed by atoms with E-state index < -0.39 is 18.1 Å². The molecule has 0 spiro atoms. The minimum atomic E-state index is -2.91. The molecule has 0 unspecified atom stereocenters. The van der Waals surface area contributed by atoms with Crippen molar-refractivity contribution < 1.29 is 27.3 Å². The Hall–Kier alpha value is -3.04. The first-order valence-corrected chi connectivity index (χ1v) is 6.96. The normalized spacial score (nSPS) is 11.2. The Morgan fingerprint density at radius 3 is 2.96 bits per heavy atom. The van der Waals surface area contributed by atoms with Gasteiger partial charge in [0.05, 0.1) is 24.6 Å². The van der Waals surface area contributed by atoms with E-state index in [2.05, 4.69) is 15.2 Å². The summed E-state index contributed by atoms with van der Waals surface area (Å²) < 4.78 is 42.2. The van der Waals surface area contributed by atoms with Gasteiger partial charge in [0.1, 0.15) is 24.1 Å². The lowest BCUT2D eigenvalue weighted by Gasteiger charge is -2.06. The third-order valence-corrected chi connectivity index (χ3v) is 3.11. The van der Waals surface area contributed by atoms with E-state index in [0.29, 0.717) is 5.56 Å². The third kappa shape index (κ3) is 3.03. The van der Waals surface area contributed by atoms with Crippen molar-refractivity contribution in [2.75, 3.05) is 6.61 Å². The average Bonchev–Trinajstić information content (AvgIpc) is 3.27. The predicted octanol–water partition coefficient (Wildman–Crippen LogP) is 2.69. The highest BCUT2D eigenvalue weighted by Crippen LogP contribution is 2.24. The van der Waals surface area contributed by atoms with Crippen molar-refractivity contribution in [3.05, 3.63) is 41.9 Å². The summed E-state index contributed by atoms with van der Waals surface area (Å²) in [7, 11) is 0. The smallest absolute Gasteiger partial charge is 0.341 e. The van der Waals surface area contributed by atoms with E-state index in [1.54, 1.807) is 13.0 Å². The fraction of sp³-hybridized carbons (Fsp3) is 0.286. The number of furan rings is 1. The number of halogens is 2. The van der Waals surface area contributed by atoms with Crippen LogP contribution in [0.5, 0.6) is 0 Å². The van der Waals surface area contributed by atoms with Crippen molar-refractivity contribution in [3.8, 4) is 11.5 Å². The lowest BCUT2D eigenvalue weighted by molar-refractivity contribution is 0.0513. The van der Waals surface area contributed by atoms with Crippen LogP contribution in [0.4, 0.5) is 8.78 Å². The maximum Gasteiger partial charge on any atom is 0.341 e. The van der Waals surface area contributed by atoms with Gasteiger partial charge in [-0.25, -0.2) is 13.6 Å². The Labute approximate surface area is 134 Å². The van der Waals surface area contributed by atoms with Gasteiger partial charge in [-0.1, -0.05) is 5.16 Å². The maximum atomic E-state index is 13.3. The average molecular weight is 338 g/mol. The zero-order valence-corrected chi connectivity index (χ0v) is 12.5. The Balaban J connectivity index is 1.86. The minimum Gasteiger partial charge on any atom is -0.472 e. The van der Waals surface area contributed by atoms with Crippen LogP contribution in [0.3, 0.4) is 0 Å². The molecule has 0 aliphatic heterocycles. The van der Waals surface area contributed by atoms with E-state index in [1.807, 2.05) is 0 Å². The first-order chi connectivity index (χ1) is 11.6. The molecule has 3 heterocycles. The first kappa shape index (κ1) is 15.8. The molecule has 3 rings (SSSR count). The zero-order valence-electron chi connectivity index (χ0n) is 12.5. The molecule has 10 heteroatoms. The second-order valence-corrected chi connectivity index (χ2v) is 4.65. The Kier molecular flexibility index (Phi) is 4.36. The van der Waals surface area contributed by atoms with Gasteiger partial charge in [0.15, 0.2) is 5.82 Å². The number of aromatic nitrogens is 4. The van der Waals surface area contributed by atoms with Crippen molar-refractivity contribution in [1.82, 2.24) is 19.9 Å². The van der Waals surface area contributed by atoms with Gasteiger partial charge in [0.2, 0.25) is 0 Å². The standard InChI is InChI=1S/C14H12F2N4O4/c1-2-23-14(21)9-5-17-20(11(9)12(15)16)6-10-18-13(24-19-10)8-3-4-22-7-8/h3-5,7,12H,2,6H2,1H3. The lowest BCUT2D eigenvalue weighted by atomic mass is 10.2. The summed E-state index contributed by atoms with van der Waals surface area (Å²) in [5.74, 6) is -0.534. The molecule has 3 aromatic heterocycles. The number of nitrogens with zero attached hydrogens (tertiary/aromatic N) is 4. The highest BCUT2D eigenvalue weighted by atomic mass is 19.3. The van der Waals surface area contributed by atoms with Gasteiger partial charge in [-0.05, 0) is 13.0 Å². The molecule has 0 amide bonds. The number of carbonyl (C=O) groups excluding carboxylic acids is 1. The third-order valence-electron chi connectivity index (χ3n) is 3.11. The Morgan fingerprint density at radius 1 is 1.46 bits per heavy atom. The SMILES string of the molecule is CCOC(=O)c1cnn(Cc2noc(-c3ccoc3)n2)c1C(F)F. The fourth-order valence-corrected chi connectivity index (χ4v) is 2.07. The highest BCUT2D eigenvalue weighted by Gasteiger charge is 2.26. The fourth-order valence-electron chi connectivity index (χ4n) is 2.07. The van der Waals surface area contributed by atoms with Crippen molar-refractivity contribution in [3.63, 3.8) is 0 Å². The molecule has 0 N–H and O–H groups in total. The van der Waals surface area contributed by atoms with E-state index in [1.165, 1.54) is 12.5 Å². The largest absolute Gasteiger partial charge is 0.472 e. The number of rotatable bonds is 6. The summed E-state index contributed by atoms with van der Waals surface area (Å²) in [6, 6.07) is 1.62. The van der Waals surface area contributed by atoms with E-state index in [9.17, 15) is 13.6 Å². The molecular formula is C14H12F2N4O4. The van der Waals surface area contributed by atoms with Gasteiger partial charge in [0.25, 0.3) is 12.3 Å². The number of ether oxygens (including phenoxy) is 1. The Morgan fingerprint density at radius 2 is 2.29 bits per heavy atom. The van der Waals surface area contributed by atoms with Crippen LogP contribution in [0.25, 0.3) is 11.5 Å². The van der Waals surface area contributed by atoms with Crippen molar-refractivity contribution in [2.24, 2.45) is 0 Å². The lowest BCUT2D eigenvalue weighted by Crippen LogP contribution is -2.12. The van der Waals surface area contributed by atoms with Crippen LogP contribution in [0.15, 0.2) is 33.7 Å². The predicted molar refractivity (Wildman–Crippen MR) is 74.2 cm³/mol. The van der Waals surface area contributed by atoms with Gasteiger partial charge >= 0.3 is 5.97 Å². The Bertz CT molecular complexity index is 826. The molecule has 24 heavy (non-hydrogen) atoms. The van der Waals surface area contributed by atoms with Crippen molar-refractivity contribution in [1.29, 1.82) is 0 Å². The van der Waals surface area contributed by atoms with Crippen LogP contribution in [0.2, 0.25) is 0 Å². The van der Waals surface area contributed by atoms with Gasteiger partial charge < -0.3 is 13.7 Å². The van der Waals surface area contributed by atoms with Crippen LogP contribution in [-0.4, -0.2) is 32.5 Å². The summed E-state index contributed by atoms with van der Waals surface area (Å²) >= 11 is 0. The number of hydrogen-bond acceptors (Lipinski definition) is 7. The van der Waals surface area contributed by atoms with Gasteiger partial charge in [-0.2, -0.15) is 10.1 Å². The van der Waals surface area contributed by atoms with E-state index in [4.69, 9.17) is 13.7 Å². The number of alkyl halides is 2. The van der Waals surface area contributed by atoms with Crippen LogP contribution < -0.4 is 0 Å². The zero-order chi connectivity index (χ0) is 17.1. The molecular weight excluding hydrogens is 326 g/mol. The second-order valence-electron chi connectivity index (χ2n) is 4.65. The quantitative estimate of drug-likeness (QED) is 0.637. The molecule has 3 aromatic rings. The number of hydrogen-bond donors (Lipinski definition) is 0. The van der Waals surface area contributed by atoms with E-state index >= 15 is 0 Å². The molecule has 0 saturated heterocycles. The molecule has 0 bridgehead atoms. The summed E-state index contributed by atoms with van der Waals surface area (Å²) in [4.78, 5) is 15.8. The molecule has 0 aliphatic carbocycles. The molecule has 0 radical (unpaired) electrons. The number of esters is 1. The second kappa shape index (κ2) is 6.60. The van der Waals surface area contributed by atoms with Crippen molar-refractivity contribution >= 4 is 5.97 Å². The molecule has 0 atom stereocenters. The highest BCUT2D eigenvalue weighted by molar-refractivity contribution is 5.90. The monoisotopic (exact) mass is 338 g/mol. The summed E-state index contributed by atoms with van der Waals surface area (Å²) in [5.41, 5.74) is -0.274. The van der Waals surface area contributed by atoms with E-state index in [-0.39, 0.29) is 30.4 Å². The topological polar surface area (TPSA) is 96.2 Å². The minimum absolute atomic E-state index is 0.0750. The van der Waals surface area contributed by atoms with E-state index in [0.717, 1.165) is 10.9 Å². The summed E-state index contributed by atoms with van der Waals surface area (Å²) in [5, 5.41) is 7.51. The van der Waals surface area contributed by atoms with Crippen LogP contribution in [-0.2, 0) is 11.3 Å². The summed E-state index contributed by atoms with van der Waals surface area (Å²) in [6.45, 7) is 1.48. The molecule has 0 aliphatic rings. The molecule has 0 saturated carbocycles. The molecule has 8 nitrogen and oxygen atoms in total. The number of carbonyl (C=O) groups is 1. The van der Waals surface area contributed by atoms with Crippen LogP contribution in [0, 0.1) is 0 Å². The van der Waals surface area contributed by atoms with Gasteiger partial charge in [-0.3, -0.25) is 4.68 Å².